The predicted molar refractivity (Wildman–Crippen MR) is 96.8 cm³/mol. The van der Waals surface area contributed by atoms with Gasteiger partial charge in [-0.1, -0.05) is 18.9 Å². The molecule has 1 fully saturated rings. The van der Waals surface area contributed by atoms with E-state index >= 15 is 0 Å². The topological polar surface area (TPSA) is 80.3 Å². The van der Waals surface area contributed by atoms with Gasteiger partial charge in [-0.05, 0) is 51.3 Å². The average molecular weight is 345 g/mol. The minimum Gasteiger partial charge on any atom is -0.444 e. The van der Waals surface area contributed by atoms with Crippen LogP contribution in [0, 0.1) is 0 Å². The largest absolute Gasteiger partial charge is 0.444 e. The Labute approximate surface area is 149 Å². The van der Waals surface area contributed by atoms with E-state index in [9.17, 15) is 9.59 Å². The molecule has 6 nitrogen and oxygen atoms in total. The first-order valence-electron chi connectivity index (χ1n) is 8.71. The van der Waals surface area contributed by atoms with E-state index in [1.54, 1.807) is 18.5 Å². The van der Waals surface area contributed by atoms with Gasteiger partial charge in [-0.3, -0.25) is 9.78 Å². The Morgan fingerprint density at radius 3 is 2.48 bits per heavy atom. The first-order valence-corrected chi connectivity index (χ1v) is 8.71. The van der Waals surface area contributed by atoms with E-state index in [1.807, 2.05) is 32.9 Å². The molecule has 25 heavy (non-hydrogen) atoms. The van der Waals surface area contributed by atoms with Crippen molar-refractivity contribution in [2.24, 2.45) is 0 Å². The highest BCUT2D eigenvalue weighted by Crippen LogP contribution is 2.19. The van der Waals surface area contributed by atoms with Crippen LogP contribution in [0.15, 0.2) is 30.6 Å². The third-order valence-corrected chi connectivity index (χ3v) is 3.91. The van der Waals surface area contributed by atoms with Crippen molar-refractivity contribution in [2.75, 3.05) is 0 Å². The van der Waals surface area contributed by atoms with Gasteiger partial charge in [-0.2, -0.15) is 0 Å². The molecule has 2 rings (SSSR count). The Hall–Kier alpha value is -2.37. The van der Waals surface area contributed by atoms with Crippen LogP contribution >= 0.6 is 0 Å². The van der Waals surface area contributed by atoms with Crippen LogP contribution in [-0.4, -0.2) is 34.7 Å². The molecule has 0 spiro atoms. The van der Waals surface area contributed by atoms with Crippen LogP contribution in [0.5, 0.6) is 0 Å². The predicted octanol–water partition coefficient (Wildman–Crippen LogP) is 3.05. The molecule has 1 saturated carbocycles. The molecule has 136 valence electrons. The number of nitrogens with zero attached hydrogens (tertiary/aromatic N) is 1. The van der Waals surface area contributed by atoms with Gasteiger partial charge < -0.3 is 15.4 Å². The molecule has 0 saturated heterocycles. The van der Waals surface area contributed by atoms with Gasteiger partial charge in [0.2, 0.25) is 5.91 Å². The fourth-order valence-corrected chi connectivity index (χ4v) is 2.81. The number of ether oxygens (including phenoxy) is 1. The van der Waals surface area contributed by atoms with E-state index in [4.69, 9.17) is 4.74 Å². The molecule has 6 heteroatoms. The first-order chi connectivity index (χ1) is 11.8. The quantitative estimate of drug-likeness (QED) is 0.822. The maximum Gasteiger partial charge on any atom is 0.407 e. The van der Waals surface area contributed by atoms with Crippen LogP contribution in [0.2, 0.25) is 0 Å². The minimum atomic E-state index is -0.538. The Bertz CT molecular complexity index is 608. The fourth-order valence-electron chi connectivity index (χ4n) is 2.81. The molecule has 0 bridgehead atoms. The smallest absolute Gasteiger partial charge is 0.407 e. The normalized spacial score (nSPS) is 20.9. The van der Waals surface area contributed by atoms with Crippen LogP contribution in [0.4, 0.5) is 4.79 Å². The molecule has 1 aliphatic carbocycles. The molecule has 2 amide bonds. The average Bonchev–Trinajstić information content (AvgIpc) is 2.54. The summed E-state index contributed by atoms with van der Waals surface area (Å²) in [6.07, 6.45) is 9.89. The lowest BCUT2D eigenvalue weighted by atomic mass is 9.90. The van der Waals surface area contributed by atoms with Crippen LogP contribution < -0.4 is 10.6 Å². The maximum absolute atomic E-state index is 12.2. The second-order valence-electron chi connectivity index (χ2n) is 7.27. The summed E-state index contributed by atoms with van der Waals surface area (Å²) >= 11 is 0. The molecular formula is C19H27N3O3. The lowest BCUT2D eigenvalue weighted by Crippen LogP contribution is -2.53. The number of rotatable bonds is 4. The summed E-state index contributed by atoms with van der Waals surface area (Å²) in [6.45, 7) is 5.49. The van der Waals surface area contributed by atoms with Crippen LogP contribution in [-0.2, 0) is 9.53 Å². The summed E-state index contributed by atoms with van der Waals surface area (Å²) in [5, 5.41) is 5.89. The maximum atomic E-state index is 12.2. The van der Waals surface area contributed by atoms with E-state index in [0.717, 1.165) is 31.2 Å². The summed E-state index contributed by atoms with van der Waals surface area (Å²) in [5.74, 6) is -0.174. The van der Waals surface area contributed by atoms with Crippen molar-refractivity contribution < 1.29 is 14.3 Å². The highest BCUT2D eigenvalue weighted by molar-refractivity contribution is 5.91. The van der Waals surface area contributed by atoms with Gasteiger partial charge in [-0.15, -0.1) is 0 Å². The monoisotopic (exact) mass is 345 g/mol. The molecule has 0 aromatic carbocycles. The number of carbonyl (C=O) groups excluding carboxylic acids is 2. The number of hydrogen-bond donors (Lipinski definition) is 2. The molecule has 1 aromatic rings. The molecule has 2 atom stereocenters. The number of hydrogen-bond acceptors (Lipinski definition) is 4. The second kappa shape index (κ2) is 8.65. The molecule has 1 aliphatic rings. The summed E-state index contributed by atoms with van der Waals surface area (Å²) in [4.78, 5) is 28.2. The number of alkyl carbamates (subject to hydrolysis) is 1. The van der Waals surface area contributed by atoms with Crippen molar-refractivity contribution in [3.63, 3.8) is 0 Å². The number of carbonyl (C=O) groups is 2. The zero-order valence-electron chi connectivity index (χ0n) is 15.1. The zero-order valence-corrected chi connectivity index (χ0v) is 15.1. The highest BCUT2D eigenvalue weighted by Gasteiger charge is 2.29. The van der Waals surface area contributed by atoms with Gasteiger partial charge in [0.25, 0.3) is 0 Å². The summed E-state index contributed by atoms with van der Waals surface area (Å²) < 4.78 is 5.32. The SMILES string of the molecule is CC(C)(C)OC(=O)N[C@@H]1CCCC[C@H]1NC(=O)/C=C/c1cccnc1. The van der Waals surface area contributed by atoms with Gasteiger partial charge in [0.05, 0.1) is 6.04 Å². The standard InChI is InChI=1S/C19H27N3O3/c1-19(2,3)25-18(24)22-16-9-5-4-8-15(16)21-17(23)11-10-14-7-6-12-20-13-14/h6-7,10-13,15-16H,4-5,8-9H2,1-3H3,(H,21,23)(H,22,24)/b11-10+/t15-,16-/m1/s1. The first kappa shape index (κ1) is 19.0. The second-order valence-corrected chi connectivity index (χ2v) is 7.27. The molecule has 1 heterocycles. The van der Waals surface area contributed by atoms with Crippen molar-refractivity contribution in [1.29, 1.82) is 0 Å². The van der Waals surface area contributed by atoms with Crippen molar-refractivity contribution >= 4 is 18.1 Å². The third-order valence-electron chi connectivity index (χ3n) is 3.91. The van der Waals surface area contributed by atoms with Crippen LogP contribution in [0.1, 0.15) is 52.0 Å². The number of nitrogens with one attached hydrogen (secondary N) is 2. The summed E-state index contributed by atoms with van der Waals surface area (Å²) in [5.41, 5.74) is 0.328. The minimum absolute atomic E-state index is 0.0904. The zero-order chi connectivity index (χ0) is 18.3. The Morgan fingerprint density at radius 1 is 1.20 bits per heavy atom. The molecular weight excluding hydrogens is 318 g/mol. The summed E-state index contributed by atoms with van der Waals surface area (Å²) in [7, 11) is 0. The van der Waals surface area contributed by atoms with Crippen molar-refractivity contribution in [1.82, 2.24) is 15.6 Å². The van der Waals surface area contributed by atoms with E-state index in [2.05, 4.69) is 15.6 Å². The van der Waals surface area contributed by atoms with Gasteiger partial charge in [0.1, 0.15) is 5.60 Å². The fraction of sp³-hybridized carbons (Fsp3) is 0.526. The van der Waals surface area contributed by atoms with Crippen molar-refractivity contribution in [3.8, 4) is 0 Å². The van der Waals surface area contributed by atoms with Crippen molar-refractivity contribution in [3.05, 3.63) is 36.2 Å². The molecule has 0 aliphatic heterocycles. The molecule has 0 radical (unpaired) electrons. The van der Waals surface area contributed by atoms with Gasteiger partial charge >= 0.3 is 6.09 Å². The highest BCUT2D eigenvalue weighted by atomic mass is 16.6. The van der Waals surface area contributed by atoms with Gasteiger partial charge in [0, 0.05) is 24.5 Å². The lowest BCUT2D eigenvalue weighted by molar-refractivity contribution is -0.117. The number of amides is 2. The Balaban J connectivity index is 1.90. The molecule has 2 N–H and O–H groups in total. The number of pyridine rings is 1. The van der Waals surface area contributed by atoms with E-state index in [-0.39, 0.29) is 18.0 Å². The van der Waals surface area contributed by atoms with Crippen LogP contribution in [0.3, 0.4) is 0 Å². The van der Waals surface area contributed by atoms with Crippen LogP contribution in [0.25, 0.3) is 6.08 Å². The van der Waals surface area contributed by atoms with E-state index in [1.165, 1.54) is 6.08 Å². The Morgan fingerprint density at radius 2 is 1.88 bits per heavy atom. The Kier molecular flexibility index (Phi) is 6.56. The molecule has 1 aromatic heterocycles. The van der Waals surface area contributed by atoms with E-state index in [0.29, 0.717) is 0 Å². The number of aromatic nitrogens is 1. The summed E-state index contributed by atoms with van der Waals surface area (Å²) in [6, 6.07) is 3.50. The van der Waals surface area contributed by atoms with Gasteiger partial charge in [0.15, 0.2) is 0 Å². The van der Waals surface area contributed by atoms with Gasteiger partial charge in [-0.25, -0.2) is 4.79 Å². The van der Waals surface area contributed by atoms with E-state index < -0.39 is 11.7 Å². The molecule has 0 unspecified atom stereocenters. The third kappa shape index (κ3) is 6.95. The van der Waals surface area contributed by atoms with Crippen molar-refractivity contribution in [2.45, 2.75) is 64.1 Å². The lowest BCUT2D eigenvalue weighted by Gasteiger charge is -2.33.